The van der Waals surface area contributed by atoms with Crippen molar-refractivity contribution in [3.63, 3.8) is 0 Å². The minimum Gasteiger partial charge on any atom is -0.185 e. The van der Waals surface area contributed by atoms with E-state index in [4.69, 9.17) is 10.2 Å². The summed E-state index contributed by atoms with van der Waals surface area (Å²) < 4.78 is 0. The topological polar surface area (TPSA) is 24.7 Å². The molecule has 2 unspecified atom stereocenters. The van der Waals surface area contributed by atoms with E-state index in [1.807, 2.05) is 24.3 Å². The third-order valence-electron chi connectivity index (χ3n) is 5.26. The molecule has 0 N–H and O–H groups in total. The van der Waals surface area contributed by atoms with Crippen molar-refractivity contribution in [1.29, 1.82) is 0 Å². The minimum absolute atomic E-state index is 0.00409. The molecule has 0 aliphatic carbocycles. The molecule has 30 heavy (non-hydrogen) atoms. The molecule has 0 saturated carbocycles. The second kappa shape index (κ2) is 10.3. The molecule has 0 aliphatic rings. The van der Waals surface area contributed by atoms with Gasteiger partial charge in [0.2, 0.25) is 0 Å². The number of nitrogens with zero attached hydrogens (tertiary/aromatic N) is 2. The largest absolute Gasteiger partial charge is 0.185 e. The number of hydrogen-bond donors (Lipinski definition) is 0. The summed E-state index contributed by atoms with van der Waals surface area (Å²) in [4.78, 5) is 0. The summed E-state index contributed by atoms with van der Waals surface area (Å²) >= 11 is 0. The summed E-state index contributed by atoms with van der Waals surface area (Å²) in [6.07, 6.45) is 1.67. The molecule has 0 aromatic heterocycles. The summed E-state index contributed by atoms with van der Waals surface area (Å²) in [7, 11) is 0. The average Bonchev–Trinajstić information content (AvgIpc) is 2.83. The highest BCUT2D eigenvalue weighted by atomic mass is 15.1. The summed E-state index contributed by atoms with van der Waals surface area (Å²) in [5, 5.41) is 9.77. The Morgan fingerprint density at radius 2 is 0.700 bits per heavy atom. The standard InChI is InChI=1S/C28H26N2/c1-5-13-23(14-6-1)21-27(25-17-9-3-10-18-25)29-30-28(26-19-11-4-12-20-26)22-24-15-7-2-8-16-24/h1-20,27-28H,21-22H2/b30-29+. The fourth-order valence-corrected chi connectivity index (χ4v) is 3.64. The Bertz CT molecular complexity index is 942. The van der Waals surface area contributed by atoms with Gasteiger partial charge in [0, 0.05) is 12.8 Å². The van der Waals surface area contributed by atoms with Crippen LogP contribution in [-0.2, 0) is 12.8 Å². The van der Waals surface area contributed by atoms with E-state index in [1.54, 1.807) is 0 Å². The smallest absolute Gasteiger partial charge is 0.0998 e. The summed E-state index contributed by atoms with van der Waals surface area (Å²) in [5.41, 5.74) is 4.92. The molecular weight excluding hydrogens is 364 g/mol. The lowest BCUT2D eigenvalue weighted by Gasteiger charge is -2.16. The van der Waals surface area contributed by atoms with Crippen LogP contribution in [0.1, 0.15) is 34.3 Å². The molecule has 0 bridgehead atoms. The van der Waals surface area contributed by atoms with Gasteiger partial charge in [-0.05, 0) is 22.3 Å². The molecule has 0 saturated heterocycles. The van der Waals surface area contributed by atoms with Crippen LogP contribution in [-0.4, -0.2) is 0 Å². The van der Waals surface area contributed by atoms with E-state index in [1.165, 1.54) is 22.3 Å². The second-order valence-corrected chi connectivity index (χ2v) is 7.46. The molecule has 0 heterocycles. The van der Waals surface area contributed by atoms with Crippen LogP contribution in [0.15, 0.2) is 132 Å². The molecule has 2 atom stereocenters. The monoisotopic (exact) mass is 390 g/mol. The van der Waals surface area contributed by atoms with Crippen LogP contribution >= 0.6 is 0 Å². The highest BCUT2D eigenvalue weighted by molar-refractivity contribution is 5.25. The Morgan fingerprint density at radius 1 is 0.400 bits per heavy atom. The fourth-order valence-electron chi connectivity index (χ4n) is 3.64. The lowest BCUT2D eigenvalue weighted by molar-refractivity contribution is 0.595. The van der Waals surface area contributed by atoms with E-state index < -0.39 is 0 Å². The first kappa shape index (κ1) is 19.8. The Kier molecular flexibility index (Phi) is 6.80. The molecule has 4 aromatic rings. The molecule has 0 aliphatic heterocycles. The molecule has 148 valence electrons. The predicted octanol–water partition coefficient (Wildman–Crippen LogP) is 7.41. The van der Waals surface area contributed by atoms with Gasteiger partial charge in [0.25, 0.3) is 0 Å². The van der Waals surface area contributed by atoms with Crippen molar-refractivity contribution >= 4 is 0 Å². The van der Waals surface area contributed by atoms with Crippen molar-refractivity contribution in [2.75, 3.05) is 0 Å². The Labute approximate surface area is 179 Å². The lowest BCUT2D eigenvalue weighted by atomic mass is 9.99. The summed E-state index contributed by atoms with van der Waals surface area (Å²) in [6, 6.07) is 42.0. The number of hydrogen-bond acceptors (Lipinski definition) is 2. The molecule has 2 heteroatoms. The molecule has 0 fully saturated rings. The van der Waals surface area contributed by atoms with E-state index in [-0.39, 0.29) is 12.1 Å². The number of benzene rings is 4. The SMILES string of the molecule is c1ccc(CC(/N=N/C(Cc2ccccc2)c2ccccc2)c2ccccc2)cc1. The van der Waals surface area contributed by atoms with E-state index >= 15 is 0 Å². The van der Waals surface area contributed by atoms with Crippen LogP contribution < -0.4 is 0 Å². The van der Waals surface area contributed by atoms with Crippen LogP contribution in [0.3, 0.4) is 0 Å². The van der Waals surface area contributed by atoms with Crippen LogP contribution in [0.5, 0.6) is 0 Å². The average molecular weight is 391 g/mol. The van der Waals surface area contributed by atoms with Crippen molar-refractivity contribution in [3.8, 4) is 0 Å². The maximum Gasteiger partial charge on any atom is 0.0998 e. The quantitative estimate of drug-likeness (QED) is 0.280. The molecule has 0 spiro atoms. The van der Waals surface area contributed by atoms with Gasteiger partial charge >= 0.3 is 0 Å². The maximum absolute atomic E-state index is 4.89. The predicted molar refractivity (Wildman–Crippen MR) is 124 cm³/mol. The van der Waals surface area contributed by atoms with Gasteiger partial charge in [-0.25, -0.2) is 0 Å². The first-order valence-electron chi connectivity index (χ1n) is 10.5. The molecule has 0 radical (unpaired) electrons. The maximum atomic E-state index is 4.89. The molecule has 2 nitrogen and oxygen atoms in total. The normalized spacial score (nSPS) is 13.2. The van der Waals surface area contributed by atoms with Gasteiger partial charge in [-0.15, -0.1) is 0 Å². The van der Waals surface area contributed by atoms with Crippen molar-refractivity contribution in [2.45, 2.75) is 24.9 Å². The zero-order valence-corrected chi connectivity index (χ0v) is 17.0. The Balaban J connectivity index is 1.63. The van der Waals surface area contributed by atoms with Gasteiger partial charge in [0.05, 0.1) is 12.1 Å². The number of rotatable bonds is 8. The molecule has 4 aromatic carbocycles. The van der Waals surface area contributed by atoms with Gasteiger partial charge in [-0.2, -0.15) is 10.2 Å². The highest BCUT2D eigenvalue weighted by Crippen LogP contribution is 2.28. The Morgan fingerprint density at radius 3 is 1.03 bits per heavy atom. The highest BCUT2D eigenvalue weighted by Gasteiger charge is 2.15. The van der Waals surface area contributed by atoms with Crippen LogP contribution in [0.2, 0.25) is 0 Å². The van der Waals surface area contributed by atoms with Crippen LogP contribution in [0.25, 0.3) is 0 Å². The van der Waals surface area contributed by atoms with Crippen molar-refractivity contribution in [2.24, 2.45) is 10.2 Å². The third-order valence-corrected chi connectivity index (χ3v) is 5.26. The zero-order chi connectivity index (χ0) is 20.4. The van der Waals surface area contributed by atoms with Crippen molar-refractivity contribution in [1.82, 2.24) is 0 Å². The van der Waals surface area contributed by atoms with Gasteiger partial charge in [0.15, 0.2) is 0 Å². The van der Waals surface area contributed by atoms with Crippen LogP contribution in [0, 0.1) is 0 Å². The van der Waals surface area contributed by atoms with E-state index in [2.05, 4.69) is 97.1 Å². The zero-order valence-electron chi connectivity index (χ0n) is 17.0. The van der Waals surface area contributed by atoms with Crippen molar-refractivity contribution in [3.05, 3.63) is 144 Å². The van der Waals surface area contributed by atoms with Gasteiger partial charge in [0.1, 0.15) is 0 Å². The van der Waals surface area contributed by atoms with Crippen molar-refractivity contribution < 1.29 is 0 Å². The van der Waals surface area contributed by atoms with E-state index in [9.17, 15) is 0 Å². The Hall–Kier alpha value is -3.52. The first-order chi connectivity index (χ1) is 14.9. The summed E-state index contributed by atoms with van der Waals surface area (Å²) in [5.74, 6) is 0. The fraction of sp³-hybridized carbons (Fsp3) is 0.143. The third kappa shape index (κ3) is 5.51. The molecule has 4 rings (SSSR count). The van der Waals surface area contributed by atoms with E-state index in [0.29, 0.717) is 0 Å². The van der Waals surface area contributed by atoms with Gasteiger partial charge < -0.3 is 0 Å². The van der Waals surface area contributed by atoms with Gasteiger partial charge in [-0.1, -0.05) is 121 Å². The first-order valence-corrected chi connectivity index (χ1v) is 10.5. The molecule has 0 amide bonds. The van der Waals surface area contributed by atoms with E-state index in [0.717, 1.165) is 12.8 Å². The lowest BCUT2D eigenvalue weighted by Crippen LogP contribution is -2.03. The minimum atomic E-state index is -0.00409. The van der Waals surface area contributed by atoms with Crippen LogP contribution in [0.4, 0.5) is 0 Å². The molecular formula is C28H26N2. The number of azo groups is 1. The van der Waals surface area contributed by atoms with Gasteiger partial charge in [-0.3, -0.25) is 0 Å². The second-order valence-electron chi connectivity index (χ2n) is 7.46. The summed E-state index contributed by atoms with van der Waals surface area (Å²) in [6.45, 7) is 0.